The predicted molar refractivity (Wildman–Crippen MR) is 263 cm³/mol. The Balaban J connectivity index is 1.25. The molecule has 0 aromatic heterocycles. The lowest BCUT2D eigenvalue weighted by Crippen LogP contribution is -2.79. The van der Waals surface area contributed by atoms with E-state index in [0.29, 0.717) is 0 Å². The Hall–Kier alpha value is -7.34. The zero-order valence-corrected chi connectivity index (χ0v) is 35.2. The lowest BCUT2D eigenvalue weighted by Gasteiger charge is -2.50. The number of anilines is 9. The first-order valence-electron chi connectivity index (χ1n) is 21.3. The molecule has 3 nitrogen and oxygen atoms in total. The molecule has 61 heavy (non-hydrogen) atoms. The van der Waals surface area contributed by atoms with E-state index in [4.69, 9.17) is 0 Å². The Morgan fingerprint density at radius 1 is 0.344 bits per heavy atom. The quantitative estimate of drug-likeness (QED) is 0.149. The minimum absolute atomic E-state index is 0.0687. The largest absolute Gasteiger partial charge is 0.311 e. The second kappa shape index (κ2) is 13.9. The monoisotopic (exact) mass is 795 g/mol. The van der Waals surface area contributed by atoms with Gasteiger partial charge in [0.15, 0.2) is 0 Å². The van der Waals surface area contributed by atoms with E-state index in [1.165, 1.54) is 83.1 Å². The summed E-state index contributed by atoms with van der Waals surface area (Å²) in [7, 11) is -2.21. The summed E-state index contributed by atoms with van der Waals surface area (Å²) in [6.45, 7) is 5.19. The number of rotatable bonds is 7. The molecule has 12 rings (SSSR count). The van der Waals surface area contributed by atoms with Crippen LogP contribution in [0.15, 0.2) is 218 Å². The van der Waals surface area contributed by atoms with Crippen LogP contribution in [0.4, 0.5) is 51.2 Å². The lowest BCUT2D eigenvalue weighted by atomic mass is 9.33. The zero-order valence-electron chi connectivity index (χ0n) is 34.2. The van der Waals surface area contributed by atoms with Crippen molar-refractivity contribution in [2.45, 2.75) is 13.1 Å². The van der Waals surface area contributed by atoms with E-state index in [1.54, 1.807) is 0 Å². The smallest absolute Gasteiger partial charge is 0.251 e. The second-order valence-corrected chi connectivity index (χ2v) is 21.2. The van der Waals surface area contributed by atoms with Crippen LogP contribution in [0.3, 0.4) is 0 Å². The maximum Gasteiger partial charge on any atom is 0.251 e. The molecular weight excluding hydrogens is 754 g/mol. The van der Waals surface area contributed by atoms with Gasteiger partial charge in [-0.15, -0.1) is 0 Å². The third kappa shape index (κ3) is 5.37. The van der Waals surface area contributed by atoms with Gasteiger partial charge in [0.1, 0.15) is 8.07 Å². The summed E-state index contributed by atoms with van der Waals surface area (Å²) < 4.78 is 0. The SMILES string of the molecule is C[Si]1(C)c2cccc3c2B2c4c(cc(N(c5ccccc5)c5ccccc5)cc4N(c4ccccc4-c4ccccc4)c4cccc1c42)N3c1ccccc1-c1ccccc1. The molecule has 0 atom stereocenters. The highest BCUT2D eigenvalue weighted by atomic mass is 28.3. The average molecular weight is 796 g/mol. The molecule has 0 spiro atoms. The van der Waals surface area contributed by atoms with Gasteiger partial charge in [0.2, 0.25) is 0 Å². The van der Waals surface area contributed by atoms with Crippen LogP contribution >= 0.6 is 0 Å². The van der Waals surface area contributed by atoms with Crippen molar-refractivity contribution in [2.24, 2.45) is 0 Å². The summed E-state index contributed by atoms with van der Waals surface area (Å²) in [5.74, 6) is 0. The van der Waals surface area contributed by atoms with Gasteiger partial charge < -0.3 is 14.7 Å². The Morgan fingerprint density at radius 2 is 0.721 bits per heavy atom. The molecule has 3 aliphatic heterocycles. The van der Waals surface area contributed by atoms with Gasteiger partial charge in [-0.05, 0) is 88.2 Å². The summed E-state index contributed by atoms with van der Waals surface area (Å²) in [6.07, 6.45) is 0. The third-order valence-electron chi connectivity index (χ3n) is 13.2. The van der Waals surface area contributed by atoms with E-state index < -0.39 is 8.07 Å². The fraction of sp³-hybridized carbons (Fsp3) is 0.0357. The Labute approximate surface area is 359 Å². The number of hydrogen-bond donors (Lipinski definition) is 0. The highest BCUT2D eigenvalue weighted by Gasteiger charge is 2.52. The topological polar surface area (TPSA) is 9.72 Å². The summed E-state index contributed by atoms with van der Waals surface area (Å²) >= 11 is 0. The van der Waals surface area contributed by atoms with Gasteiger partial charge in [0.25, 0.3) is 6.71 Å². The molecule has 9 aromatic rings. The van der Waals surface area contributed by atoms with Crippen LogP contribution < -0.4 is 41.5 Å². The Morgan fingerprint density at radius 3 is 1.16 bits per heavy atom. The minimum atomic E-state index is -2.21. The minimum Gasteiger partial charge on any atom is -0.311 e. The molecule has 3 heterocycles. The highest BCUT2D eigenvalue weighted by molar-refractivity contribution is 7.16. The molecule has 0 saturated heterocycles. The predicted octanol–water partition coefficient (Wildman–Crippen LogP) is 11.7. The fourth-order valence-corrected chi connectivity index (χ4v) is 13.8. The highest BCUT2D eigenvalue weighted by Crippen LogP contribution is 2.51. The number of hydrogen-bond acceptors (Lipinski definition) is 3. The van der Waals surface area contributed by atoms with E-state index in [1.807, 2.05) is 0 Å². The maximum atomic E-state index is 2.61. The number of benzene rings is 9. The molecule has 0 saturated carbocycles. The first-order chi connectivity index (χ1) is 30.1. The van der Waals surface area contributed by atoms with Crippen LogP contribution in [0.25, 0.3) is 22.3 Å². The first kappa shape index (κ1) is 35.6. The molecule has 0 amide bonds. The molecule has 0 N–H and O–H groups in total. The lowest BCUT2D eigenvalue weighted by molar-refractivity contribution is 1.23. The van der Waals surface area contributed by atoms with Crippen LogP contribution in [0, 0.1) is 0 Å². The second-order valence-electron chi connectivity index (χ2n) is 16.9. The van der Waals surface area contributed by atoms with Crippen LogP contribution in [0.2, 0.25) is 13.1 Å². The van der Waals surface area contributed by atoms with Crippen molar-refractivity contribution < 1.29 is 0 Å². The molecule has 3 aliphatic rings. The zero-order chi connectivity index (χ0) is 40.7. The molecule has 5 heteroatoms. The summed E-state index contributed by atoms with van der Waals surface area (Å²) in [6, 6.07) is 80.7. The van der Waals surface area contributed by atoms with Crippen molar-refractivity contribution in [2.75, 3.05) is 14.7 Å². The van der Waals surface area contributed by atoms with E-state index in [2.05, 4.69) is 246 Å². The molecule has 0 bridgehead atoms. The standard InChI is InChI=1S/C56H42BN3Si/c1-61(2)52-35-19-33-48-55(52)57-54-50(59(48)46-31-17-15-29-44(46)39-21-7-3-8-22-39)37-43(58(41-25-11-5-12-26-41)42-27-13-6-14-28-42)38-51(54)60(49-34-20-36-53(61)56(49)57)47-32-18-16-30-45(47)40-23-9-4-10-24-40/h3-38H,1-2H3. The Kier molecular flexibility index (Phi) is 8.09. The van der Waals surface area contributed by atoms with Gasteiger partial charge in [-0.3, -0.25) is 0 Å². The average Bonchev–Trinajstić information content (AvgIpc) is 3.32. The fourth-order valence-electron chi connectivity index (χ4n) is 10.6. The number of nitrogens with zero attached hydrogens (tertiary/aromatic N) is 3. The Bertz CT molecular complexity index is 2930. The van der Waals surface area contributed by atoms with Crippen molar-refractivity contribution in [3.8, 4) is 22.3 Å². The van der Waals surface area contributed by atoms with Gasteiger partial charge in [-0.2, -0.15) is 0 Å². The van der Waals surface area contributed by atoms with Crippen LogP contribution in [-0.2, 0) is 0 Å². The van der Waals surface area contributed by atoms with Gasteiger partial charge >= 0.3 is 0 Å². The number of para-hydroxylation sites is 4. The summed E-state index contributed by atoms with van der Waals surface area (Å²) in [5.41, 5.74) is 19.7. The van der Waals surface area contributed by atoms with Crippen LogP contribution in [0.5, 0.6) is 0 Å². The van der Waals surface area contributed by atoms with Crippen molar-refractivity contribution in [3.05, 3.63) is 218 Å². The van der Waals surface area contributed by atoms with Gasteiger partial charge in [-0.25, -0.2) is 0 Å². The molecule has 0 unspecified atom stereocenters. The third-order valence-corrected chi connectivity index (χ3v) is 16.8. The molecule has 0 fully saturated rings. The van der Waals surface area contributed by atoms with Gasteiger partial charge in [0, 0.05) is 45.3 Å². The molecular formula is C56H42BN3Si. The van der Waals surface area contributed by atoms with E-state index in [-0.39, 0.29) is 6.71 Å². The van der Waals surface area contributed by atoms with Gasteiger partial charge in [0.05, 0.1) is 17.1 Å². The van der Waals surface area contributed by atoms with Crippen molar-refractivity contribution in [3.63, 3.8) is 0 Å². The van der Waals surface area contributed by atoms with Crippen molar-refractivity contribution in [1.82, 2.24) is 0 Å². The summed E-state index contributed by atoms with van der Waals surface area (Å²) in [4.78, 5) is 7.64. The molecule has 9 aromatic carbocycles. The molecule has 0 radical (unpaired) electrons. The first-order valence-corrected chi connectivity index (χ1v) is 24.3. The maximum absolute atomic E-state index is 2.61. The van der Waals surface area contributed by atoms with Crippen molar-refractivity contribution >= 4 is 92.7 Å². The molecule has 0 aliphatic carbocycles. The van der Waals surface area contributed by atoms with E-state index >= 15 is 0 Å². The van der Waals surface area contributed by atoms with Crippen LogP contribution in [0.1, 0.15) is 0 Å². The normalized spacial score (nSPS) is 13.8. The van der Waals surface area contributed by atoms with E-state index in [9.17, 15) is 0 Å². The summed E-state index contributed by atoms with van der Waals surface area (Å²) in [5, 5.41) is 3.05. The molecule has 288 valence electrons. The van der Waals surface area contributed by atoms with Crippen molar-refractivity contribution in [1.29, 1.82) is 0 Å². The van der Waals surface area contributed by atoms with E-state index in [0.717, 1.165) is 17.1 Å². The van der Waals surface area contributed by atoms with Crippen LogP contribution in [-0.4, -0.2) is 14.8 Å². The van der Waals surface area contributed by atoms with Gasteiger partial charge in [-0.1, -0.05) is 181 Å².